The molecule has 1 fully saturated rings. The Morgan fingerprint density at radius 1 is 1.05 bits per heavy atom. The highest BCUT2D eigenvalue weighted by molar-refractivity contribution is 6.06. The van der Waals surface area contributed by atoms with Gasteiger partial charge in [-0.1, -0.05) is 26.3 Å². The minimum atomic E-state index is -0.235. The largest absolute Gasteiger partial charge is 0.494 e. The van der Waals surface area contributed by atoms with Crippen LogP contribution in [0.3, 0.4) is 0 Å². The van der Waals surface area contributed by atoms with Crippen molar-refractivity contribution in [2.45, 2.75) is 46.1 Å². The number of ether oxygens (including phenoxy) is 1. The molecule has 4 rings (SSSR count). The van der Waals surface area contributed by atoms with Crippen molar-refractivity contribution in [1.29, 1.82) is 0 Å². The number of amides is 2. The minimum Gasteiger partial charge on any atom is -0.494 e. The van der Waals surface area contributed by atoms with Gasteiger partial charge in [0.2, 0.25) is 0 Å². The van der Waals surface area contributed by atoms with Crippen molar-refractivity contribution in [3.8, 4) is 5.75 Å². The van der Waals surface area contributed by atoms with Crippen LogP contribution in [0, 0.1) is 5.92 Å². The number of pyridine rings is 1. The van der Waals surface area contributed by atoms with Gasteiger partial charge in [0.15, 0.2) is 0 Å². The first-order valence-corrected chi connectivity index (χ1v) is 13.1. The van der Waals surface area contributed by atoms with E-state index in [1.807, 2.05) is 36.4 Å². The number of benzene rings is 2. The third-order valence-electron chi connectivity index (χ3n) is 6.68. The van der Waals surface area contributed by atoms with Crippen LogP contribution < -0.4 is 20.3 Å². The van der Waals surface area contributed by atoms with E-state index in [1.165, 1.54) is 0 Å². The van der Waals surface area contributed by atoms with Gasteiger partial charge in [0.05, 0.1) is 12.2 Å². The number of aromatic nitrogens is 1. The molecule has 7 nitrogen and oxygen atoms in total. The van der Waals surface area contributed by atoms with Gasteiger partial charge < -0.3 is 20.3 Å². The zero-order valence-corrected chi connectivity index (χ0v) is 21.7. The Morgan fingerprint density at radius 3 is 2.54 bits per heavy atom. The summed E-state index contributed by atoms with van der Waals surface area (Å²) < 4.78 is 5.69. The molecule has 0 atom stereocenters. The SMILES string of the molecule is CCCCOc1ccc(C(=O)Nc2ccc(N3CCC(C)CC3)c(C(=O)NCc3cccnc3)c2)cc1. The molecule has 0 saturated carbocycles. The number of piperidine rings is 1. The number of nitrogens with one attached hydrogen (secondary N) is 2. The summed E-state index contributed by atoms with van der Waals surface area (Å²) in [4.78, 5) is 32.6. The maximum absolute atomic E-state index is 13.3. The van der Waals surface area contributed by atoms with Gasteiger partial charge in [-0.25, -0.2) is 0 Å². The van der Waals surface area contributed by atoms with E-state index in [1.54, 1.807) is 30.6 Å². The monoisotopic (exact) mass is 500 g/mol. The zero-order valence-electron chi connectivity index (χ0n) is 21.7. The van der Waals surface area contributed by atoms with E-state index in [2.05, 4.69) is 34.4 Å². The molecule has 0 bridgehead atoms. The van der Waals surface area contributed by atoms with Crippen molar-refractivity contribution in [1.82, 2.24) is 10.3 Å². The lowest BCUT2D eigenvalue weighted by Crippen LogP contribution is -2.35. The molecule has 1 aliphatic rings. The molecule has 0 spiro atoms. The van der Waals surface area contributed by atoms with Gasteiger partial charge in [-0.15, -0.1) is 0 Å². The van der Waals surface area contributed by atoms with E-state index < -0.39 is 0 Å². The number of hydrogen-bond acceptors (Lipinski definition) is 5. The van der Waals surface area contributed by atoms with Crippen LogP contribution in [-0.4, -0.2) is 36.5 Å². The van der Waals surface area contributed by atoms with Gasteiger partial charge in [0.1, 0.15) is 5.75 Å². The summed E-state index contributed by atoms with van der Waals surface area (Å²) in [5.74, 6) is 1.02. The molecule has 0 aliphatic carbocycles. The normalized spacial score (nSPS) is 13.7. The molecule has 1 aliphatic heterocycles. The fourth-order valence-corrected chi connectivity index (χ4v) is 4.34. The molecule has 2 aromatic carbocycles. The molecule has 2 amide bonds. The molecule has 7 heteroatoms. The molecule has 2 heterocycles. The van der Waals surface area contributed by atoms with Crippen molar-refractivity contribution in [3.63, 3.8) is 0 Å². The second kappa shape index (κ2) is 12.9. The quantitative estimate of drug-likeness (QED) is 0.350. The Morgan fingerprint density at radius 2 is 1.84 bits per heavy atom. The van der Waals surface area contributed by atoms with Crippen LogP contribution in [0.4, 0.5) is 11.4 Å². The summed E-state index contributed by atoms with van der Waals surface area (Å²) >= 11 is 0. The van der Waals surface area contributed by atoms with Crippen LogP contribution in [0.5, 0.6) is 5.75 Å². The van der Waals surface area contributed by atoms with Crippen molar-refractivity contribution < 1.29 is 14.3 Å². The van der Waals surface area contributed by atoms with E-state index in [4.69, 9.17) is 4.74 Å². The molecule has 3 aromatic rings. The molecule has 194 valence electrons. The van der Waals surface area contributed by atoms with Crippen molar-refractivity contribution in [2.75, 3.05) is 29.9 Å². The first-order valence-electron chi connectivity index (χ1n) is 13.1. The van der Waals surface area contributed by atoms with Gasteiger partial charge in [0.25, 0.3) is 11.8 Å². The van der Waals surface area contributed by atoms with Crippen LogP contribution in [0.15, 0.2) is 67.0 Å². The van der Waals surface area contributed by atoms with Crippen LogP contribution >= 0.6 is 0 Å². The Labute approximate surface area is 219 Å². The highest BCUT2D eigenvalue weighted by atomic mass is 16.5. The van der Waals surface area contributed by atoms with Crippen molar-refractivity contribution in [3.05, 3.63) is 83.7 Å². The maximum Gasteiger partial charge on any atom is 0.255 e. The first-order chi connectivity index (χ1) is 18.0. The standard InChI is InChI=1S/C30H36N4O3/c1-3-4-18-37-26-10-7-24(8-11-26)29(35)33-25-9-12-28(34-16-13-22(2)14-17-34)27(19-25)30(36)32-21-23-6-5-15-31-20-23/h5-12,15,19-20,22H,3-4,13-14,16-18,21H2,1-2H3,(H,32,36)(H,33,35). The molecular weight excluding hydrogens is 464 g/mol. The Bertz CT molecular complexity index is 1170. The maximum atomic E-state index is 13.3. The molecule has 2 N–H and O–H groups in total. The van der Waals surface area contributed by atoms with E-state index in [0.29, 0.717) is 35.9 Å². The van der Waals surface area contributed by atoms with Gasteiger partial charge >= 0.3 is 0 Å². The van der Waals surface area contributed by atoms with Gasteiger partial charge in [-0.2, -0.15) is 0 Å². The van der Waals surface area contributed by atoms with Crippen LogP contribution in [0.2, 0.25) is 0 Å². The lowest BCUT2D eigenvalue weighted by Gasteiger charge is -2.33. The summed E-state index contributed by atoms with van der Waals surface area (Å²) in [5, 5.41) is 5.96. The Kier molecular flexibility index (Phi) is 9.13. The zero-order chi connectivity index (χ0) is 26.0. The number of anilines is 2. The Balaban J connectivity index is 1.49. The van der Waals surface area contributed by atoms with E-state index in [0.717, 1.165) is 55.8 Å². The third kappa shape index (κ3) is 7.32. The first kappa shape index (κ1) is 26.2. The average molecular weight is 501 g/mol. The summed E-state index contributed by atoms with van der Waals surface area (Å²) in [6.07, 6.45) is 7.69. The van der Waals surface area contributed by atoms with Crippen LogP contribution in [-0.2, 0) is 6.54 Å². The second-order valence-corrected chi connectivity index (χ2v) is 9.63. The molecule has 37 heavy (non-hydrogen) atoms. The fraction of sp³-hybridized carbons (Fsp3) is 0.367. The van der Waals surface area contributed by atoms with Crippen LogP contribution in [0.25, 0.3) is 0 Å². The number of rotatable bonds is 10. The predicted molar refractivity (Wildman–Crippen MR) is 147 cm³/mol. The highest BCUT2D eigenvalue weighted by Crippen LogP contribution is 2.29. The molecule has 0 unspecified atom stereocenters. The van der Waals surface area contributed by atoms with Crippen LogP contribution in [0.1, 0.15) is 65.8 Å². The lowest BCUT2D eigenvalue weighted by atomic mass is 9.97. The number of unbranched alkanes of at least 4 members (excludes halogenated alkanes) is 1. The minimum absolute atomic E-state index is 0.179. The molecule has 1 saturated heterocycles. The molecule has 0 radical (unpaired) electrons. The average Bonchev–Trinajstić information content (AvgIpc) is 2.93. The number of hydrogen-bond donors (Lipinski definition) is 2. The smallest absolute Gasteiger partial charge is 0.255 e. The third-order valence-corrected chi connectivity index (χ3v) is 6.68. The summed E-state index contributed by atoms with van der Waals surface area (Å²) in [7, 11) is 0. The molecular formula is C30H36N4O3. The Hall–Kier alpha value is -3.87. The van der Waals surface area contributed by atoms with E-state index >= 15 is 0 Å². The van der Waals surface area contributed by atoms with Gasteiger partial charge in [-0.05, 0) is 79.3 Å². The predicted octanol–water partition coefficient (Wildman–Crippen LogP) is 5.68. The number of carbonyl (C=O) groups excluding carboxylic acids is 2. The topological polar surface area (TPSA) is 83.6 Å². The number of nitrogens with zero attached hydrogens (tertiary/aromatic N) is 2. The fourth-order valence-electron chi connectivity index (χ4n) is 4.34. The summed E-state index contributed by atoms with van der Waals surface area (Å²) in [5.41, 5.74) is 3.47. The lowest BCUT2D eigenvalue weighted by molar-refractivity contribution is 0.0950. The second-order valence-electron chi connectivity index (χ2n) is 9.63. The molecule has 1 aromatic heterocycles. The van der Waals surface area contributed by atoms with E-state index in [9.17, 15) is 9.59 Å². The van der Waals surface area contributed by atoms with Crippen molar-refractivity contribution in [2.24, 2.45) is 5.92 Å². The van der Waals surface area contributed by atoms with Gasteiger partial charge in [-0.3, -0.25) is 14.6 Å². The van der Waals surface area contributed by atoms with Gasteiger partial charge in [0, 0.05) is 49.0 Å². The highest BCUT2D eigenvalue weighted by Gasteiger charge is 2.22. The summed E-state index contributed by atoms with van der Waals surface area (Å²) in [6, 6.07) is 16.5. The summed E-state index contributed by atoms with van der Waals surface area (Å²) in [6.45, 7) is 7.24. The van der Waals surface area contributed by atoms with E-state index in [-0.39, 0.29) is 11.8 Å². The number of carbonyl (C=O) groups is 2. The van der Waals surface area contributed by atoms with Crippen molar-refractivity contribution >= 4 is 23.2 Å².